The number of nitrogen functional groups attached to an aromatic ring is 1. The van der Waals surface area contributed by atoms with E-state index in [2.05, 4.69) is 24.9 Å². The summed E-state index contributed by atoms with van der Waals surface area (Å²) in [7, 11) is 1.65. The molecule has 0 saturated heterocycles. The van der Waals surface area contributed by atoms with Gasteiger partial charge in [0.15, 0.2) is 5.82 Å². The average molecular weight is 234 g/mol. The van der Waals surface area contributed by atoms with Gasteiger partial charge in [0.1, 0.15) is 6.07 Å². The lowest BCUT2D eigenvalue weighted by Gasteiger charge is -2.28. The molecule has 0 unspecified atom stereocenters. The Morgan fingerprint density at radius 2 is 2.29 bits per heavy atom. The van der Waals surface area contributed by atoms with Crippen molar-refractivity contribution in [2.75, 3.05) is 30.9 Å². The molecule has 2 N–H and O–H groups in total. The quantitative estimate of drug-likeness (QED) is 0.833. The molecule has 0 radical (unpaired) electrons. The molecule has 0 amide bonds. The van der Waals surface area contributed by atoms with Gasteiger partial charge in [-0.1, -0.05) is 0 Å². The number of rotatable bonds is 5. The SMILES string of the molecule is COCCN(c1nccc(C#N)c1N)C(C)C. The van der Waals surface area contributed by atoms with E-state index in [1.54, 1.807) is 19.4 Å². The van der Waals surface area contributed by atoms with Crippen LogP contribution in [-0.4, -0.2) is 31.3 Å². The van der Waals surface area contributed by atoms with E-state index in [4.69, 9.17) is 15.7 Å². The van der Waals surface area contributed by atoms with Crippen molar-refractivity contribution in [2.24, 2.45) is 0 Å². The van der Waals surface area contributed by atoms with Crippen molar-refractivity contribution in [1.82, 2.24) is 4.98 Å². The van der Waals surface area contributed by atoms with Crippen molar-refractivity contribution < 1.29 is 4.74 Å². The number of pyridine rings is 1. The summed E-state index contributed by atoms with van der Waals surface area (Å²) in [6.45, 7) is 5.39. The smallest absolute Gasteiger partial charge is 0.153 e. The molecule has 0 spiro atoms. The summed E-state index contributed by atoms with van der Waals surface area (Å²) in [6.07, 6.45) is 1.60. The second-order valence-corrected chi connectivity index (χ2v) is 3.99. The van der Waals surface area contributed by atoms with Gasteiger partial charge in [0.05, 0.1) is 17.9 Å². The van der Waals surface area contributed by atoms with Crippen LogP contribution in [0.3, 0.4) is 0 Å². The predicted octanol–water partition coefficient (Wildman–Crippen LogP) is 1.40. The maximum atomic E-state index is 8.94. The number of nitriles is 1. The summed E-state index contributed by atoms with van der Waals surface area (Å²) in [5, 5.41) is 8.94. The molecule has 0 aliphatic carbocycles. The van der Waals surface area contributed by atoms with Crippen molar-refractivity contribution in [3.8, 4) is 6.07 Å². The summed E-state index contributed by atoms with van der Waals surface area (Å²) in [4.78, 5) is 6.28. The van der Waals surface area contributed by atoms with Crippen LogP contribution in [0.5, 0.6) is 0 Å². The van der Waals surface area contributed by atoms with Gasteiger partial charge < -0.3 is 15.4 Å². The maximum absolute atomic E-state index is 8.94. The zero-order valence-corrected chi connectivity index (χ0v) is 10.5. The Morgan fingerprint density at radius 3 is 2.82 bits per heavy atom. The van der Waals surface area contributed by atoms with Crippen molar-refractivity contribution >= 4 is 11.5 Å². The molecule has 92 valence electrons. The lowest BCUT2D eigenvalue weighted by Crippen LogP contribution is -2.35. The zero-order valence-electron chi connectivity index (χ0n) is 10.5. The minimum atomic E-state index is 0.244. The first kappa shape index (κ1) is 13.3. The summed E-state index contributed by atoms with van der Waals surface area (Å²) >= 11 is 0. The van der Waals surface area contributed by atoms with Gasteiger partial charge in [0.25, 0.3) is 0 Å². The molecule has 5 heteroatoms. The number of aromatic nitrogens is 1. The highest BCUT2D eigenvalue weighted by Gasteiger charge is 2.16. The van der Waals surface area contributed by atoms with Crippen molar-refractivity contribution in [3.05, 3.63) is 17.8 Å². The normalized spacial score (nSPS) is 10.3. The third kappa shape index (κ3) is 3.08. The Morgan fingerprint density at radius 1 is 1.59 bits per heavy atom. The van der Waals surface area contributed by atoms with Crippen molar-refractivity contribution in [3.63, 3.8) is 0 Å². The van der Waals surface area contributed by atoms with Crippen LogP contribution in [-0.2, 0) is 4.74 Å². The lowest BCUT2D eigenvalue weighted by molar-refractivity contribution is 0.203. The number of ether oxygens (including phenoxy) is 1. The Bertz CT molecular complexity index is 411. The van der Waals surface area contributed by atoms with Gasteiger partial charge in [0.2, 0.25) is 0 Å². The van der Waals surface area contributed by atoms with Crippen LogP contribution in [0.1, 0.15) is 19.4 Å². The van der Waals surface area contributed by atoms with Gasteiger partial charge in [-0.25, -0.2) is 4.98 Å². The molecule has 1 rings (SSSR count). The zero-order chi connectivity index (χ0) is 12.8. The van der Waals surface area contributed by atoms with Crippen LogP contribution in [0.15, 0.2) is 12.3 Å². The van der Waals surface area contributed by atoms with E-state index in [1.807, 2.05) is 4.90 Å². The number of hydrogen-bond acceptors (Lipinski definition) is 5. The van der Waals surface area contributed by atoms with Crippen molar-refractivity contribution in [1.29, 1.82) is 5.26 Å². The third-order valence-corrected chi connectivity index (χ3v) is 2.52. The van der Waals surface area contributed by atoms with Crippen LogP contribution in [0.2, 0.25) is 0 Å². The van der Waals surface area contributed by atoms with Crippen LogP contribution >= 0.6 is 0 Å². The van der Waals surface area contributed by atoms with Crippen LogP contribution in [0, 0.1) is 11.3 Å². The Balaban J connectivity index is 3.06. The standard InChI is InChI=1S/C12H18N4O/c1-9(2)16(6-7-17-3)12-11(14)10(8-13)4-5-15-12/h4-5,9H,6-7,14H2,1-3H3. The van der Waals surface area contributed by atoms with E-state index in [-0.39, 0.29) is 6.04 Å². The van der Waals surface area contributed by atoms with Crippen LogP contribution in [0.4, 0.5) is 11.5 Å². The highest BCUT2D eigenvalue weighted by atomic mass is 16.5. The second kappa shape index (κ2) is 6.06. The highest BCUT2D eigenvalue weighted by molar-refractivity contribution is 5.70. The summed E-state index contributed by atoms with van der Waals surface area (Å²) in [6, 6.07) is 3.93. The molecule has 1 heterocycles. The topological polar surface area (TPSA) is 75.2 Å². The molecule has 0 aromatic carbocycles. The number of methoxy groups -OCH3 is 1. The number of hydrogen-bond donors (Lipinski definition) is 1. The summed E-state index contributed by atoms with van der Waals surface area (Å²) in [5.74, 6) is 0.649. The Hall–Kier alpha value is -1.80. The molecule has 0 aliphatic rings. The van der Waals surface area contributed by atoms with Crippen LogP contribution in [0.25, 0.3) is 0 Å². The molecule has 0 saturated carbocycles. The average Bonchev–Trinajstić information content (AvgIpc) is 2.31. The molecule has 0 aliphatic heterocycles. The number of nitrogens with zero attached hydrogens (tertiary/aromatic N) is 3. The van der Waals surface area contributed by atoms with E-state index in [1.165, 1.54) is 0 Å². The van der Waals surface area contributed by atoms with E-state index >= 15 is 0 Å². The second-order valence-electron chi connectivity index (χ2n) is 3.99. The van der Waals surface area contributed by atoms with Gasteiger partial charge in [-0.3, -0.25) is 0 Å². The fourth-order valence-electron chi connectivity index (χ4n) is 1.59. The predicted molar refractivity (Wildman–Crippen MR) is 67.7 cm³/mol. The van der Waals surface area contributed by atoms with Crippen LogP contribution < -0.4 is 10.6 Å². The van der Waals surface area contributed by atoms with Gasteiger partial charge in [-0.05, 0) is 19.9 Å². The van der Waals surface area contributed by atoms with E-state index in [9.17, 15) is 0 Å². The van der Waals surface area contributed by atoms with Gasteiger partial charge >= 0.3 is 0 Å². The summed E-state index contributed by atoms with van der Waals surface area (Å²) in [5.41, 5.74) is 6.82. The van der Waals surface area contributed by atoms with E-state index < -0.39 is 0 Å². The van der Waals surface area contributed by atoms with Gasteiger partial charge in [-0.2, -0.15) is 5.26 Å². The highest BCUT2D eigenvalue weighted by Crippen LogP contribution is 2.24. The molecule has 0 fully saturated rings. The molecular formula is C12H18N4O. The van der Waals surface area contributed by atoms with E-state index in [0.717, 1.165) is 0 Å². The Kier molecular flexibility index (Phi) is 4.73. The number of nitrogens with two attached hydrogens (primary N) is 1. The van der Waals surface area contributed by atoms with Gasteiger partial charge in [-0.15, -0.1) is 0 Å². The Labute approximate surface area is 102 Å². The first-order valence-electron chi connectivity index (χ1n) is 5.52. The molecule has 1 aromatic heterocycles. The fraction of sp³-hybridized carbons (Fsp3) is 0.500. The third-order valence-electron chi connectivity index (χ3n) is 2.52. The molecule has 0 atom stereocenters. The first-order chi connectivity index (χ1) is 8.11. The lowest BCUT2D eigenvalue weighted by atomic mass is 10.2. The number of anilines is 2. The maximum Gasteiger partial charge on any atom is 0.153 e. The summed E-state index contributed by atoms with van der Waals surface area (Å²) < 4.78 is 5.07. The molecule has 0 bridgehead atoms. The molecule has 1 aromatic rings. The minimum Gasteiger partial charge on any atom is -0.395 e. The van der Waals surface area contributed by atoms with Crippen molar-refractivity contribution in [2.45, 2.75) is 19.9 Å². The molecule has 5 nitrogen and oxygen atoms in total. The molecular weight excluding hydrogens is 216 g/mol. The largest absolute Gasteiger partial charge is 0.395 e. The van der Waals surface area contributed by atoms with Gasteiger partial charge in [0, 0.05) is 25.9 Å². The van der Waals surface area contributed by atoms with E-state index in [0.29, 0.717) is 30.2 Å². The fourth-order valence-corrected chi connectivity index (χ4v) is 1.59. The molecule has 17 heavy (non-hydrogen) atoms. The monoisotopic (exact) mass is 234 g/mol. The first-order valence-corrected chi connectivity index (χ1v) is 5.52. The minimum absolute atomic E-state index is 0.244.